The minimum absolute atomic E-state index is 0.0956. The van der Waals surface area contributed by atoms with E-state index in [2.05, 4.69) is 71.1 Å². The summed E-state index contributed by atoms with van der Waals surface area (Å²) >= 11 is 0. The molecular weight excluding hydrogens is 376 g/mol. The molecule has 0 saturated heterocycles. The molecule has 0 aliphatic carbocycles. The summed E-state index contributed by atoms with van der Waals surface area (Å²) in [4.78, 5) is 12.0. The van der Waals surface area contributed by atoms with E-state index in [0.29, 0.717) is 5.92 Å². The van der Waals surface area contributed by atoms with Crippen LogP contribution in [-0.4, -0.2) is 26.0 Å². The molecule has 0 spiro atoms. The van der Waals surface area contributed by atoms with Crippen molar-refractivity contribution in [3.05, 3.63) is 48.0 Å². The molecule has 0 fully saturated rings. The number of ether oxygens (including phenoxy) is 1. The van der Waals surface area contributed by atoms with Crippen molar-refractivity contribution in [2.24, 2.45) is 5.92 Å². The summed E-state index contributed by atoms with van der Waals surface area (Å²) in [5.41, 5.74) is 0.885. The minimum atomic E-state index is -1.90. The summed E-state index contributed by atoms with van der Waals surface area (Å²) < 4.78 is 12.2. The molecule has 1 aromatic carbocycles. The quantitative estimate of drug-likeness (QED) is 0.248. The molecule has 4 heteroatoms. The lowest BCUT2D eigenvalue weighted by Crippen LogP contribution is -2.45. The highest BCUT2D eigenvalue weighted by Gasteiger charge is 2.39. The lowest BCUT2D eigenvalue weighted by atomic mass is 9.94. The van der Waals surface area contributed by atoms with Crippen LogP contribution < -0.4 is 0 Å². The van der Waals surface area contributed by atoms with Crippen molar-refractivity contribution in [3.8, 4) is 0 Å². The Hall–Kier alpha value is -1.39. The second-order valence-corrected chi connectivity index (χ2v) is 15.3. The van der Waals surface area contributed by atoms with Gasteiger partial charge in [0.15, 0.2) is 8.32 Å². The summed E-state index contributed by atoms with van der Waals surface area (Å²) in [5, 5.41) is 0.152. The third-order valence-corrected chi connectivity index (χ3v) is 10.2. The molecule has 0 radical (unpaired) electrons. The fourth-order valence-corrected chi connectivity index (χ4v) is 4.25. The average molecular weight is 419 g/mol. The number of aryl methyl sites for hydroxylation is 1. The van der Waals surface area contributed by atoms with Gasteiger partial charge in [-0.15, -0.1) is 0 Å². The van der Waals surface area contributed by atoms with Crippen molar-refractivity contribution in [1.82, 2.24) is 0 Å². The molecule has 29 heavy (non-hydrogen) atoms. The van der Waals surface area contributed by atoms with Gasteiger partial charge in [-0.3, -0.25) is 0 Å². The molecule has 3 nitrogen and oxygen atoms in total. The largest absolute Gasteiger partial charge is 0.457 e. The van der Waals surface area contributed by atoms with Gasteiger partial charge in [-0.25, -0.2) is 4.79 Å². The topological polar surface area (TPSA) is 35.5 Å². The van der Waals surface area contributed by atoms with Crippen molar-refractivity contribution in [3.63, 3.8) is 0 Å². The molecule has 1 rings (SSSR count). The average Bonchev–Trinajstić information content (AvgIpc) is 2.57. The molecule has 0 N–H and O–H groups in total. The van der Waals surface area contributed by atoms with E-state index in [1.54, 1.807) is 6.08 Å². The summed E-state index contributed by atoms with van der Waals surface area (Å²) in [6.45, 7) is 19.3. The standard InChI is InChI=1S/C25H42O3Si/c1-20(18-19-21-14-11-10-12-15-21)22(28-29(8,9)25(5,6)7)16-13-17-23(26)27-24(2,3)4/h10-15,17,20,22H,16,18-19H2,1-9H3/b17-13+/t20-,22+/m1/s1. The van der Waals surface area contributed by atoms with Crippen LogP contribution >= 0.6 is 0 Å². The highest BCUT2D eigenvalue weighted by Crippen LogP contribution is 2.39. The van der Waals surface area contributed by atoms with Crippen molar-refractivity contribution in [2.45, 2.75) is 97.6 Å². The first-order valence-corrected chi connectivity index (χ1v) is 13.7. The van der Waals surface area contributed by atoms with Crippen LogP contribution in [0.3, 0.4) is 0 Å². The summed E-state index contributed by atoms with van der Waals surface area (Å²) in [6, 6.07) is 10.6. The third kappa shape index (κ3) is 9.77. The van der Waals surface area contributed by atoms with Gasteiger partial charge in [-0.1, -0.05) is 64.1 Å². The zero-order chi connectivity index (χ0) is 22.3. The molecule has 2 atom stereocenters. The van der Waals surface area contributed by atoms with Gasteiger partial charge in [0.1, 0.15) is 5.60 Å². The van der Waals surface area contributed by atoms with Crippen LogP contribution in [0.25, 0.3) is 0 Å². The Bertz CT molecular complexity index is 651. The number of benzene rings is 1. The second-order valence-electron chi connectivity index (χ2n) is 10.6. The fourth-order valence-electron chi connectivity index (χ4n) is 2.81. The molecule has 164 valence electrons. The van der Waals surface area contributed by atoms with E-state index in [4.69, 9.17) is 9.16 Å². The Balaban J connectivity index is 2.83. The number of esters is 1. The molecule has 1 aromatic rings. The Morgan fingerprint density at radius 1 is 1.07 bits per heavy atom. The first kappa shape index (κ1) is 25.6. The van der Waals surface area contributed by atoms with Gasteiger partial charge in [0, 0.05) is 6.08 Å². The van der Waals surface area contributed by atoms with Crippen molar-refractivity contribution in [1.29, 1.82) is 0 Å². The van der Waals surface area contributed by atoms with E-state index in [1.807, 2.05) is 26.8 Å². The van der Waals surface area contributed by atoms with Gasteiger partial charge in [-0.05, 0) is 69.6 Å². The molecule has 0 unspecified atom stereocenters. The van der Waals surface area contributed by atoms with Crippen LogP contribution in [0.5, 0.6) is 0 Å². The molecule has 0 bridgehead atoms. The fraction of sp³-hybridized carbons (Fsp3) is 0.640. The Morgan fingerprint density at radius 3 is 2.17 bits per heavy atom. The van der Waals surface area contributed by atoms with Crippen LogP contribution in [0.1, 0.15) is 66.9 Å². The number of hydrogen-bond donors (Lipinski definition) is 0. The molecule has 0 amide bonds. The van der Waals surface area contributed by atoms with Gasteiger partial charge in [0.25, 0.3) is 0 Å². The molecule has 0 aliphatic rings. The molecular formula is C25H42O3Si. The molecule has 0 heterocycles. The minimum Gasteiger partial charge on any atom is -0.457 e. The van der Waals surface area contributed by atoms with Gasteiger partial charge in [-0.2, -0.15) is 0 Å². The van der Waals surface area contributed by atoms with Crippen LogP contribution in [0, 0.1) is 5.92 Å². The SMILES string of the molecule is C[C@H](CCc1ccccc1)[C@H](C/C=C/C(=O)OC(C)(C)C)O[Si](C)(C)C(C)(C)C. The zero-order valence-electron chi connectivity index (χ0n) is 20.0. The number of carbonyl (C=O) groups excluding carboxylic acids is 1. The van der Waals surface area contributed by atoms with E-state index in [0.717, 1.165) is 19.3 Å². The highest BCUT2D eigenvalue weighted by molar-refractivity contribution is 6.74. The third-order valence-electron chi connectivity index (χ3n) is 5.65. The van der Waals surface area contributed by atoms with Crippen LogP contribution in [0.4, 0.5) is 0 Å². The summed E-state index contributed by atoms with van der Waals surface area (Å²) in [6.07, 6.45) is 6.39. The monoisotopic (exact) mass is 418 g/mol. The van der Waals surface area contributed by atoms with Gasteiger partial charge < -0.3 is 9.16 Å². The Morgan fingerprint density at radius 2 is 1.66 bits per heavy atom. The maximum atomic E-state index is 12.0. The second kappa shape index (κ2) is 10.6. The van der Waals surface area contributed by atoms with E-state index in [9.17, 15) is 4.79 Å². The lowest BCUT2D eigenvalue weighted by Gasteiger charge is -2.41. The predicted octanol–water partition coefficient (Wildman–Crippen LogP) is 6.93. The van der Waals surface area contributed by atoms with E-state index in [-0.39, 0.29) is 17.1 Å². The molecule has 0 saturated carbocycles. The normalized spacial score (nSPS) is 15.3. The van der Waals surface area contributed by atoms with Crippen LogP contribution in [0.15, 0.2) is 42.5 Å². The smallest absolute Gasteiger partial charge is 0.330 e. The zero-order valence-corrected chi connectivity index (χ0v) is 21.0. The summed E-state index contributed by atoms with van der Waals surface area (Å²) in [5.74, 6) is 0.105. The van der Waals surface area contributed by atoms with Gasteiger partial charge >= 0.3 is 5.97 Å². The first-order chi connectivity index (χ1) is 13.2. The van der Waals surface area contributed by atoms with Crippen LogP contribution in [-0.2, 0) is 20.4 Å². The maximum Gasteiger partial charge on any atom is 0.330 e. The maximum absolute atomic E-state index is 12.0. The first-order valence-electron chi connectivity index (χ1n) is 10.8. The Kier molecular flexibility index (Phi) is 9.36. The van der Waals surface area contributed by atoms with E-state index >= 15 is 0 Å². The van der Waals surface area contributed by atoms with E-state index < -0.39 is 13.9 Å². The van der Waals surface area contributed by atoms with Gasteiger partial charge in [0.05, 0.1) is 6.10 Å². The van der Waals surface area contributed by atoms with Crippen LogP contribution in [0.2, 0.25) is 18.1 Å². The van der Waals surface area contributed by atoms with Crippen molar-refractivity contribution < 1.29 is 14.0 Å². The molecule has 0 aliphatic heterocycles. The van der Waals surface area contributed by atoms with Gasteiger partial charge in [0.2, 0.25) is 0 Å². The van der Waals surface area contributed by atoms with Crippen molar-refractivity contribution >= 4 is 14.3 Å². The highest BCUT2D eigenvalue weighted by atomic mass is 28.4. The summed E-state index contributed by atoms with van der Waals surface area (Å²) in [7, 11) is -1.90. The predicted molar refractivity (Wildman–Crippen MR) is 126 cm³/mol. The number of carbonyl (C=O) groups is 1. The molecule has 0 aromatic heterocycles. The number of hydrogen-bond acceptors (Lipinski definition) is 3. The van der Waals surface area contributed by atoms with E-state index in [1.165, 1.54) is 5.56 Å². The number of rotatable bonds is 9. The lowest BCUT2D eigenvalue weighted by molar-refractivity contribution is -0.148. The Labute approximate surface area is 180 Å². The van der Waals surface area contributed by atoms with Crippen molar-refractivity contribution in [2.75, 3.05) is 0 Å².